The number of carbonyl (C=O) groups is 2. The second-order valence-corrected chi connectivity index (χ2v) is 7.07. The van der Waals surface area contributed by atoms with Gasteiger partial charge in [-0.2, -0.15) is 0 Å². The Morgan fingerprint density at radius 1 is 0.968 bits per heavy atom. The zero-order valence-corrected chi connectivity index (χ0v) is 17.0. The van der Waals surface area contributed by atoms with E-state index in [1.165, 1.54) is 7.11 Å². The first-order valence-corrected chi connectivity index (χ1v) is 9.72. The summed E-state index contributed by atoms with van der Waals surface area (Å²) in [5.41, 5.74) is 10.3. The molecule has 0 aliphatic carbocycles. The fourth-order valence-electron chi connectivity index (χ4n) is 3.35. The van der Waals surface area contributed by atoms with Gasteiger partial charge in [0.1, 0.15) is 0 Å². The minimum atomic E-state index is -0.502. The molecule has 0 aliphatic heterocycles. The summed E-state index contributed by atoms with van der Waals surface area (Å²) in [6.45, 7) is 0.654. The van der Waals surface area contributed by atoms with E-state index in [1.54, 1.807) is 24.3 Å². The maximum absolute atomic E-state index is 12.5. The molecule has 7 heteroatoms. The van der Waals surface area contributed by atoms with Gasteiger partial charge in [-0.1, -0.05) is 24.3 Å². The molecule has 4 N–H and O–H groups in total. The standard InChI is InChI=1S/C24H22N4O3/c1-31-24(30)26-19-10-11-22-18(14-19)12-13-28(22)15-16-6-8-17(9-7-16)23(29)27-21-5-3-2-4-20(21)25/h2-14H,15,25H2,1H3,(H,26,30)(H,27,29). The number of fused-ring (bicyclic) bond motifs is 1. The van der Waals surface area contributed by atoms with Gasteiger partial charge in [0.15, 0.2) is 0 Å². The van der Waals surface area contributed by atoms with Crippen molar-refractivity contribution in [1.29, 1.82) is 0 Å². The van der Waals surface area contributed by atoms with Gasteiger partial charge in [0.2, 0.25) is 0 Å². The van der Waals surface area contributed by atoms with Crippen molar-refractivity contribution in [3.63, 3.8) is 0 Å². The third-order valence-corrected chi connectivity index (χ3v) is 4.98. The van der Waals surface area contributed by atoms with Crippen molar-refractivity contribution in [1.82, 2.24) is 4.57 Å². The van der Waals surface area contributed by atoms with Crippen LogP contribution in [0.25, 0.3) is 10.9 Å². The van der Waals surface area contributed by atoms with Crippen LogP contribution >= 0.6 is 0 Å². The molecule has 0 saturated carbocycles. The molecule has 7 nitrogen and oxygen atoms in total. The molecule has 0 saturated heterocycles. The number of aromatic nitrogens is 1. The number of nitrogens with zero attached hydrogens (tertiary/aromatic N) is 1. The first kappa shape index (κ1) is 20.0. The van der Waals surface area contributed by atoms with Gasteiger partial charge >= 0.3 is 6.09 Å². The van der Waals surface area contributed by atoms with Crippen LogP contribution < -0.4 is 16.4 Å². The van der Waals surface area contributed by atoms with E-state index < -0.39 is 6.09 Å². The second kappa shape index (κ2) is 8.62. The summed E-state index contributed by atoms with van der Waals surface area (Å²) in [6, 6.07) is 22.3. The topological polar surface area (TPSA) is 98.4 Å². The lowest BCUT2D eigenvalue weighted by atomic mass is 10.1. The number of nitrogens with one attached hydrogen (secondary N) is 2. The summed E-state index contributed by atoms with van der Waals surface area (Å²) in [5, 5.41) is 6.50. The van der Waals surface area contributed by atoms with Crippen LogP contribution in [0.1, 0.15) is 15.9 Å². The number of hydrogen-bond acceptors (Lipinski definition) is 4. The number of amides is 2. The number of hydrogen-bond donors (Lipinski definition) is 3. The van der Waals surface area contributed by atoms with Gasteiger partial charge in [0.25, 0.3) is 5.91 Å². The van der Waals surface area contributed by atoms with Gasteiger partial charge in [-0.3, -0.25) is 10.1 Å². The fraction of sp³-hybridized carbons (Fsp3) is 0.0833. The monoisotopic (exact) mass is 414 g/mol. The summed E-state index contributed by atoms with van der Waals surface area (Å²) >= 11 is 0. The van der Waals surface area contributed by atoms with Crippen LogP contribution in [-0.4, -0.2) is 23.7 Å². The van der Waals surface area contributed by atoms with E-state index in [0.717, 1.165) is 16.5 Å². The second-order valence-electron chi connectivity index (χ2n) is 7.07. The molecular weight excluding hydrogens is 392 g/mol. The van der Waals surface area contributed by atoms with Crippen molar-refractivity contribution in [2.45, 2.75) is 6.54 Å². The Hall–Kier alpha value is -4.26. The van der Waals surface area contributed by atoms with Crippen LogP contribution in [0, 0.1) is 0 Å². The summed E-state index contributed by atoms with van der Waals surface area (Å²) < 4.78 is 6.73. The number of methoxy groups -OCH3 is 1. The number of nitrogens with two attached hydrogens (primary N) is 1. The summed E-state index contributed by atoms with van der Waals surface area (Å²) in [6.07, 6.45) is 1.49. The lowest BCUT2D eigenvalue weighted by molar-refractivity contribution is 0.102. The van der Waals surface area contributed by atoms with Crippen LogP contribution in [0.3, 0.4) is 0 Å². The van der Waals surface area contributed by atoms with Crippen LogP contribution in [0.15, 0.2) is 79.0 Å². The van der Waals surface area contributed by atoms with Crippen molar-refractivity contribution in [2.75, 3.05) is 23.5 Å². The molecular formula is C24H22N4O3. The number of rotatable bonds is 5. The van der Waals surface area contributed by atoms with Crippen LogP contribution in [0.5, 0.6) is 0 Å². The molecule has 0 unspecified atom stereocenters. The highest BCUT2D eigenvalue weighted by Gasteiger charge is 2.09. The van der Waals surface area contributed by atoms with Crippen molar-refractivity contribution in [3.05, 3.63) is 90.1 Å². The molecule has 1 aromatic heterocycles. The number of carbonyl (C=O) groups excluding carboxylic acids is 2. The Bertz CT molecular complexity index is 1250. The van der Waals surface area contributed by atoms with E-state index >= 15 is 0 Å². The molecule has 4 aromatic rings. The Morgan fingerprint density at radius 3 is 2.48 bits per heavy atom. The van der Waals surface area contributed by atoms with Crippen LogP contribution in [-0.2, 0) is 11.3 Å². The van der Waals surface area contributed by atoms with E-state index in [4.69, 9.17) is 5.73 Å². The lowest BCUT2D eigenvalue weighted by Crippen LogP contribution is -2.13. The van der Waals surface area contributed by atoms with E-state index in [1.807, 2.05) is 54.7 Å². The molecule has 31 heavy (non-hydrogen) atoms. The molecule has 2 amide bonds. The third kappa shape index (κ3) is 4.51. The third-order valence-electron chi connectivity index (χ3n) is 4.98. The van der Waals surface area contributed by atoms with Gasteiger partial charge in [0, 0.05) is 34.9 Å². The predicted molar refractivity (Wildman–Crippen MR) is 122 cm³/mol. The van der Waals surface area contributed by atoms with Crippen molar-refractivity contribution in [2.24, 2.45) is 0 Å². The zero-order valence-electron chi connectivity index (χ0n) is 17.0. The lowest BCUT2D eigenvalue weighted by Gasteiger charge is -2.10. The zero-order chi connectivity index (χ0) is 21.8. The highest BCUT2D eigenvalue weighted by Crippen LogP contribution is 2.22. The molecule has 156 valence electrons. The highest BCUT2D eigenvalue weighted by atomic mass is 16.5. The number of anilines is 3. The van der Waals surface area contributed by atoms with Crippen LogP contribution in [0.2, 0.25) is 0 Å². The molecule has 0 fully saturated rings. The quantitative estimate of drug-likeness (QED) is 0.412. The average Bonchev–Trinajstić information content (AvgIpc) is 3.17. The van der Waals surface area contributed by atoms with E-state index in [2.05, 4.69) is 19.9 Å². The summed E-state index contributed by atoms with van der Waals surface area (Å²) in [5.74, 6) is -0.207. The molecule has 1 heterocycles. The van der Waals surface area contributed by atoms with Gasteiger partial charge in [-0.25, -0.2) is 4.79 Å². The molecule has 4 rings (SSSR count). The van der Waals surface area contributed by atoms with Gasteiger partial charge in [-0.15, -0.1) is 0 Å². The fourth-order valence-corrected chi connectivity index (χ4v) is 3.35. The highest BCUT2D eigenvalue weighted by molar-refractivity contribution is 6.05. The number of ether oxygens (including phenoxy) is 1. The van der Waals surface area contributed by atoms with Crippen molar-refractivity contribution in [3.8, 4) is 0 Å². The molecule has 0 radical (unpaired) electrons. The van der Waals surface area contributed by atoms with Gasteiger partial charge in [-0.05, 0) is 54.1 Å². The summed E-state index contributed by atoms with van der Waals surface area (Å²) in [4.78, 5) is 23.9. The maximum atomic E-state index is 12.5. The first-order valence-electron chi connectivity index (χ1n) is 9.72. The molecule has 0 atom stereocenters. The summed E-state index contributed by atoms with van der Waals surface area (Å²) in [7, 11) is 1.33. The number of nitrogen functional groups attached to an aromatic ring is 1. The largest absolute Gasteiger partial charge is 0.453 e. The Kier molecular flexibility index (Phi) is 5.57. The maximum Gasteiger partial charge on any atom is 0.411 e. The van der Waals surface area contributed by atoms with Gasteiger partial charge in [0.05, 0.1) is 18.5 Å². The Labute approximate surface area is 179 Å². The predicted octanol–water partition coefficient (Wildman–Crippen LogP) is 4.70. The van der Waals surface area contributed by atoms with Crippen molar-refractivity contribution >= 4 is 40.0 Å². The van der Waals surface area contributed by atoms with E-state index in [9.17, 15) is 9.59 Å². The normalized spacial score (nSPS) is 10.6. The molecule has 3 aromatic carbocycles. The van der Waals surface area contributed by atoms with E-state index in [-0.39, 0.29) is 5.91 Å². The minimum Gasteiger partial charge on any atom is -0.453 e. The minimum absolute atomic E-state index is 0.207. The molecule has 0 bridgehead atoms. The Morgan fingerprint density at radius 2 is 1.74 bits per heavy atom. The first-order chi connectivity index (χ1) is 15.0. The number of para-hydroxylation sites is 2. The van der Waals surface area contributed by atoms with Gasteiger partial charge < -0.3 is 20.4 Å². The average molecular weight is 414 g/mol. The number of benzene rings is 3. The van der Waals surface area contributed by atoms with E-state index in [0.29, 0.717) is 29.2 Å². The molecule has 0 aliphatic rings. The SMILES string of the molecule is COC(=O)Nc1ccc2c(ccn2Cc2ccc(C(=O)Nc3ccccc3N)cc2)c1. The smallest absolute Gasteiger partial charge is 0.411 e. The van der Waals surface area contributed by atoms with Crippen molar-refractivity contribution < 1.29 is 14.3 Å². The molecule has 0 spiro atoms. The Balaban J connectivity index is 1.46. The van der Waals surface area contributed by atoms with Crippen LogP contribution in [0.4, 0.5) is 21.9 Å².